The molecule has 5 nitrogen and oxygen atoms in total. The number of esters is 1. The van der Waals surface area contributed by atoms with Crippen LogP contribution in [0.5, 0.6) is 5.75 Å². The number of aromatic nitrogens is 1. The highest BCUT2D eigenvalue weighted by atomic mass is 35.5. The van der Waals surface area contributed by atoms with Gasteiger partial charge >= 0.3 is 5.97 Å². The van der Waals surface area contributed by atoms with Gasteiger partial charge in [-0.3, -0.25) is 0 Å². The average Bonchev–Trinajstić information content (AvgIpc) is 3.11. The van der Waals surface area contributed by atoms with Crippen LogP contribution < -0.4 is 4.74 Å². The lowest BCUT2D eigenvalue weighted by Crippen LogP contribution is -2.00. The van der Waals surface area contributed by atoms with Crippen LogP contribution in [-0.2, 0) is 11.3 Å². The molecule has 24 heavy (non-hydrogen) atoms. The first-order valence-electron chi connectivity index (χ1n) is 7.19. The molecular formula is C18H14ClNO4. The standard InChI is InChI=1S/C18H14ClNO4/c1-22-18(21)16-10-17(24-20-16)12-6-8-14(9-7-12)23-11-13-4-2-3-5-15(13)19/h2-10H,11H2,1H3. The van der Waals surface area contributed by atoms with Crippen LogP contribution in [0, 0.1) is 0 Å². The Morgan fingerprint density at radius 1 is 1.17 bits per heavy atom. The van der Waals surface area contributed by atoms with Crippen LogP contribution in [-0.4, -0.2) is 18.2 Å². The van der Waals surface area contributed by atoms with Gasteiger partial charge in [-0.1, -0.05) is 35.0 Å². The quantitative estimate of drug-likeness (QED) is 0.644. The van der Waals surface area contributed by atoms with E-state index in [1.165, 1.54) is 13.2 Å². The number of carbonyl (C=O) groups excluding carboxylic acids is 1. The fourth-order valence-corrected chi connectivity index (χ4v) is 2.29. The smallest absolute Gasteiger partial charge is 0.360 e. The Balaban J connectivity index is 1.68. The monoisotopic (exact) mass is 343 g/mol. The SMILES string of the molecule is COC(=O)c1cc(-c2ccc(OCc3ccccc3Cl)cc2)on1. The largest absolute Gasteiger partial charge is 0.489 e. The molecule has 6 heteroatoms. The van der Waals surface area contributed by atoms with E-state index in [-0.39, 0.29) is 5.69 Å². The van der Waals surface area contributed by atoms with E-state index in [0.717, 1.165) is 11.1 Å². The zero-order valence-electron chi connectivity index (χ0n) is 12.9. The second-order valence-electron chi connectivity index (χ2n) is 4.97. The third-order valence-corrected chi connectivity index (χ3v) is 3.76. The first-order valence-corrected chi connectivity index (χ1v) is 7.57. The maximum absolute atomic E-state index is 11.4. The molecule has 0 bridgehead atoms. The lowest BCUT2D eigenvalue weighted by Gasteiger charge is -2.08. The summed E-state index contributed by atoms with van der Waals surface area (Å²) >= 11 is 6.10. The molecule has 0 spiro atoms. The number of halogens is 1. The van der Waals surface area contributed by atoms with Crippen LogP contribution in [0.4, 0.5) is 0 Å². The summed E-state index contributed by atoms with van der Waals surface area (Å²) in [5.74, 6) is 0.643. The first kappa shape index (κ1) is 16.1. The molecule has 0 N–H and O–H groups in total. The van der Waals surface area contributed by atoms with Gasteiger partial charge in [-0.2, -0.15) is 0 Å². The zero-order valence-corrected chi connectivity index (χ0v) is 13.6. The summed E-state index contributed by atoms with van der Waals surface area (Å²) in [4.78, 5) is 11.4. The number of hydrogen-bond donors (Lipinski definition) is 0. The van der Waals surface area contributed by atoms with Crippen molar-refractivity contribution in [1.82, 2.24) is 5.16 Å². The molecule has 0 fully saturated rings. The molecule has 0 amide bonds. The highest BCUT2D eigenvalue weighted by molar-refractivity contribution is 6.31. The summed E-state index contributed by atoms with van der Waals surface area (Å²) in [5.41, 5.74) is 1.83. The Hall–Kier alpha value is -2.79. The minimum atomic E-state index is -0.537. The fraction of sp³-hybridized carbons (Fsp3) is 0.111. The number of rotatable bonds is 5. The van der Waals surface area contributed by atoms with Crippen molar-refractivity contribution >= 4 is 17.6 Å². The molecular weight excluding hydrogens is 330 g/mol. The number of carbonyl (C=O) groups is 1. The summed E-state index contributed by atoms with van der Waals surface area (Å²) in [5, 5.41) is 4.35. The molecule has 0 aliphatic rings. The fourth-order valence-electron chi connectivity index (χ4n) is 2.10. The van der Waals surface area contributed by atoms with Gasteiger partial charge in [-0.15, -0.1) is 0 Å². The topological polar surface area (TPSA) is 61.6 Å². The van der Waals surface area contributed by atoms with Gasteiger partial charge in [0.2, 0.25) is 0 Å². The molecule has 0 atom stereocenters. The van der Waals surface area contributed by atoms with Crippen molar-refractivity contribution < 1.29 is 18.8 Å². The van der Waals surface area contributed by atoms with E-state index in [4.69, 9.17) is 20.9 Å². The molecule has 2 aromatic carbocycles. The van der Waals surface area contributed by atoms with Crippen molar-refractivity contribution in [2.24, 2.45) is 0 Å². The summed E-state index contributed by atoms with van der Waals surface area (Å²) in [6.07, 6.45) is 0. The van der Waals surface area contributed by atoms with E-state index in [0.29, 0.717) is 23.1 Å². The molecule has 0 radical (unpaired) electrons. The van der Waals surface area contributed by atoms with Crippen molar-refractivity contribution in [1.29, 1.82) is 0 Å². The lowest BCUT2D eigenvalue weighted by molar-refractivity contribution is 0.0589. The Morgan fingerprint density at radius 2 is 1.92 bits per heavy atom. The zero-order chi connectivity index (χ0) is 16.9. The molecule has 122 valence electrons. The first-order chi connectivity index (χ1) is 11.7. The highest BCUT2D eigenvalue weighted by Crippen LogP contribution is 2.24. The third kappa shape index (κ3) is 3.58. The summed E-state index contributed by atoms with van der Waals surface area (Å²) < 4.78 is 15.5. The highest BCUT2D eigenvalue weighted by Gasteiger charge is 2.13. The molecule has 0 unspecified atom stereocenters. The van der Waals surface area contributed by atoms with Crippen LogP contribution in [0.15, 0.2) is 59.1 Å². The Kier molecular flexibility index (Phi) is 4.82. The Labute approximate surface area is 143 Å². The van der Waals surface area contributed by atoms with Crippen LogP contribution in [0.2, 0.25) is 5.02 Å². The second-order valence-corrected chi connectivity index (χ2v) is 5.38. The average molecular weight is 344 g/mol. The van der Waals surface area contributed by atoms with E-state index in [2.05, 4.69) is 9.89 Å². The molecule has 0 aliphatic heterocycles. The van der Waals surface area contributed by atoms with Gasteiger partial charge in [0.15, 0.2) is 11.5 Å². The van der Waals surface area contributed by atoms with E-state index in [9.17, 15) is 4.79 Å². The van der Waals surface area contributed by atoms with Gasteiger partial charge in [0.05, 0.1) is 7.11 Å². The van der Waals surface area contributed by atoms with E-state index >= 15 is 0 Å². The summed E-state index contributed by atoms with van der Waals surface area (Å²) in [6.45, 7) is 0.383. The molecule has 1 heterocycles. The molecule has 0 aliphatic carbocycles. The van der Waals surface area contributed by atoms with Gasteiger partial charge in [-0.05, 0) is 30.3 Å². The van der Waals surface area contributed by atoms with E-state index in [1.54, 1.807) is 0 Å². The minimum Gasteiger partial charge on any atom is -0.489 e. The molecule has 0 saturated carbocycles. The summed E-state index contributed by atoms with van der Waals surface area (Å²) in [7, 11) is 1.29. The molecule has 3 aromatic rings. The second kappa shape index (κ2) is 7.19. The number of ether oxygens (including phenoxy) is 2. The molecule has 1 aromatic heterocycles. The van der Waals surface area contributed by atoms with E-state index in [1.807, 2.05) is 48.5 Å². The van der Waals surface area contributed by atoms with Gasteiger partial charge in [-0.25, -0.2) is 4.79 Å². The molecule has 0 saturated heterocycles. The van der Waals surface area contributed by atoms with Crippen molar-refractivity contribution in [3.8, 4) is 17.1 Å². The van der Waals surface area contributed by atoms with Crippen molar-refractivity contribution in [2.75, 3.05) is 7.11 Å². The van der Waals surface area contributed by atoms with Crippen LogP contribution in [0.3, 0.4) is 0 Å². The minimum absolute atomic E-state index is 0.131. The van der Waals surface area contributed by atoms with Gasteiger partial charge in [0.25, 0.3) is 0 Å². The number of benzene rings is 2. The van der Waals surface area contributed by atoms with Crippen LogP contribution in [0.25, 0.3) is 11.3 Å². The van der Waals surface area contributed by atoms with Crippen molar-refractivity contribution in [2.45, 2.75) is 6.61 Å². The van der Waals surface area contributed by atoms with Crippen molar-refractivity contribution in [3.05, 3.63) is 70.9 Å². The van der Waals surface area contributed by atoms with E-state index < -0.39 is 5.97 Å². The van der Waals surface area contributed by atoms with Gasteiger partial charge in [0, 0.05) is 22.2 Å². The maximum Gasteiger partial charge on any atom is 0.360 e. The number of hydrogen-bond acceptors (Lipinski definition) is 5. The number of methoxy groups -OCH3 is 1. The van der Waals surface area contributed by atoms with Crippen molar-refractivity contribution in [3.63, 3.8) is 0 Å². The lowest BCUT2D eigenvalue weighted by atomic mass is 10.1. The summed E-state index contributed by atoms with van der Waals surface area (Å²) in [6, 6.07) is 16.3. The Morgan fingerprint density at radius 3 is 2.62 bits per heavy atom. The predicted molar refractivity (Wildman–Crippen MR) is 89.1 cm³/mol. The number of nitrogens with zero attached hydrogens (tertiary/aromatic N) is 1. The van der Waals surface area contributed by atoms with Crippen LogP contribution in [0.1, 0.15) is 16.1 Å². The van der Waals surface area contributed by atoms with Gasteiger partial charge in [0.1, 0.15) is 12.4 Å². The Bertz CT molecular complexity index is 842. The normalized spacial score (nSPS) is 10.4. The van der Waals surface area contributed by atoms with Gasteiger partial charge < -0.3 is 14.0 Å². The maximum atomic E-state index is 11.4. The predicted octanol–water partition coefficient (Wildman–Crippen LogP) is 4.36. The third-order valence-electron chi connectivity index (χ3n) is 3.40. The molecule has 3 rings (SSSR count). The van der Waals surface area contributed by atoms with Crippen LogP contribution >= 0.6 is 11.6 Å².